The SMILES string of the molecule is O=C(c1scnc1C1CC1)N1CCCC(O)(C(F)(F)F)C1. The highest BCUT2D eigenvalue weighted by molar-refractivity contribution is 7.11. The molecule has 8 heteroatoms. The number of β-amino-alcohol motifs (C(OH)–C–C–N with tert-alkyl or cyclic N) is 1. The van der Waals surface area contributed by atoms with E-state index in [9.17, 15) is 23.1 Å². The van der Waals surface area contributed by atoms with Gasteiger partial charge in [0.1, 0.15) is 4.88 Å². The largest absolute Gasteiger partial charge is 0.418 e. The van der Waals surface area contributed by atoms with Crippen molar-refractivity contribution < 1.29 is 23.1 Å². The second-order valence-electron chi connectivity index (χ2n) is 5.70. The van der Waals surface area contributed by atoms with Crippen LogP contribution >= 0.6 is 11.3 Å². The molecule has 0 radical (unpaired) electrons. The number of hydrogen-bond acceptors (Lipinski definition) is 4. The van der Waals surface area contributed by atoms with Crippen LogP contribution < -0.4 is 0 Å². The lowest BCUT2D eigenvalue weighted by Gasteiger charge is -2.40. The van der Waals surface area contributed by atoms with Crippen LogP contribution in [0.25, 0.3) is 0 Å². The molecule has 1 atom stereocenters. The van der Waals surface area contributed by atoms with Gasteiger partial charge in [0, 0.05) is 12.5 Å². The first-order chi connectivity index (χ1) is 9.82. The molecule has 2 heterocycles. The average molecular weight is 320 g/mol. The van der Waals surface area contributed by atoms with Gasteiger partial charge in [-0.2, -0.15) is 13.2 Å². The lowest BCUT2D eigenvalue weighted by atomic mass is 9.92. The number of likely N-dealkylation sites (tertiary alicyclic amines) is 1. The van der Waals surface area contributed by atoms with Crippen molar-refractivity contribution in [1.29, 1.82) is 0 Å². The summed E-state index contributed by atoms with van der Waals surface area (Å²) in [6.07, 6.45) is -3.01. The average Bonchev–Trinajstić information content (AvgIpc) is 3.14. The Kier molecular flexibility index (Phi) is 3.48. The maximum absolute atomic E-state index is 12.9. The molecule has 0 bridgehead atoms. The van der Waals surface area contributed by atoms with Gasteiger partial charge in [-0.3, -0.25) is 4.79 Å². The number of aromatic nitrogens is 1. The molecular formula is C13H15F3N2O2S. The number of carbonyl (C=O) groups excluding carboxylic acids is 1. The van der Waals surface area contributed by atoms with E-state index in [1.54, 1.807) is 5.51 Å². The number of piperidine rings is 1. The van der Waals surface area contributed by atoms with E-state index in [0.717, 1.165) is 29.1 Å². The molecule has 116 valence electrons. The standard InChI is InChI=1S/C13H15F3N2O2S/c14-13(15,16)12(20)4-1-5-18(6-12)11(19)10-9(8-2-3-8)17-7-21-10/h7-8,20H,1-6H2. The minimum atomic E-state index is -4.72. The minimum Gasteiger partial charge on any atom is -0.379 e. The van der Waals surface area contributed by atoms with E-state index in [-0.39, 0.29) is 25.3 Å². The number of alkyl halides is 3. The molecule has 1 amide bonds. The van der Waals surface area contributed by atoms with E-state index in [1.807, 2.05) is 0 Å². The fourth-order valence-corrected chi connectivity index (χ4v) is 3.49. The molecule has 2 fully saturated rings. The van der Waals surface area contributed by atoms with Gasteiger partial charge in [-0.05, 0) is 25.7 Å². The second kappa shape index (κ2) is 4.95. The van der Waals surface area contributed by atoms with E-state index in [2.05, 4.69) is 4.98 Å². The zero-order chi connectivity index (χ0) is 15.3. The van der Waals surface area contributed by atoms with Crippen LogP contribution in [0.2, 0.25) is 0 Å². The van der Waals surface area contributed by atoms with Gasteiger partial charge in [-0.1, -0.05) is 0 Å². The number of amides is 1. The van der Waals surface area contributed by atoms with Gasteiger partial charge < -0.3 is 10.0 Å². The minimum absolute atomic E-state index is 0.138. The predicted molar refractivity (Wildman–Crippen MR) is 70.2 cm³/mol. The van der Waals surface area contributed by atoms with E-state index >= 15 is 0 Å². The molecule has 1 aliphatic carbocycles. The number of thiazole rings is 1. The van der Waals surface area contributed by atoms with Gasteiger partial charge in [0.25, 0.3) is 5.91 Å². The summed E-state index contributed by atoms with van der Waals surface area (Å²) in [4.78, 5) is 18.1. The molecule has 21 heavy (non-hydrogen) atoms. The topological polar surface area (TPSA) is 53.4 Å². The third kappa shape index (κ3) is 2.66. The van der Waals surface area contributed by atoms with E-state index in [4.69, 9.17) is 0 Å². The summed E-state index contributed by atoms with van der Waals surface area (Å²) in [7, 11) is 0. The van der Waals surface area contributed by atoms with E-state index in [0.29, 0.717) is 10.6 Å². The first-order valence-corrected chi connectivity index (χ1v) is 7.71. The molecular weight excluding hydrogens is 305 g/mol. The molecule has 0 spiro atoms. The number of carbonyl (C=O) groups is 1. The molecule has 3 rings (SSSR count). The Morgan fingerprint density at radius 1 is 1.48 bits per heavy atom. The van der Waals surface area contributed by atoms with Crippen LogP contribution in [0.5, 0.6) is 0 Å². The van der Waals surface area contributed by atoms with Crippen molar-refractivity contribution in [3.05, 3.63) is 16.1 Å². The highest BCUT2D eigenvalue weighted by Gasteiger charge is 2.56. The van der Waals surface area contributed by atoms with Crippen molar-refractivity contribution in [2.24, 2.45) is 0 Å². The van der Waals surface area contributed by atoms with Gasteiger partial charge in [-0.15, -0.1) is 11.3 Å². The Labute approximate surface area is 123 Å². The van der Waals surface area contributed by atoms with Gasteiger partial charge in [-0.25, -0.2) is 4.98 Å². The molecule has 4 nitrogen and oxygen atoms in total. The first-order valence-electron chi connectivity index (χ1n) is 6.83. The van der Waals surface area contributed by atoms with Crippen LogP contribution in [0.4, 0.5) is 13.2 Å². The van der Waals surface area contributed by atoms with E-state index < -0.39 is 24.2 Å². The van der Waals surface area contributed by atoms with Crippen molar-refractivity contribution in [3.8, 4) is 0 Å². The van der Waals surface area contributed by atoms with Gasteiger partial charge in [0.15, 0.2) is 5.60 Å². The molecule has 1 saturated carbocycles. The summed E-state index contributed by atoms with van der Waals surface area (Å²) < 4.78 is 38.8. The lowest BCUT2D eigenvalue weighted by molar-refractivity contribution is -0.271. The Morgan fingerprint density at radius 3 is 2.81 bits per heavy atom. The summed E-state index contributed by atoms with van der Waals surface area (Å²) in [6, 6.07) is 0. The zero-order valence-corrected chi connectivity index (χ0v) is 12.0. The van der Waals surface area contributed by atoms with Crippen LogP contribution in [0.1, 0.15) is 47.0 Å². The van der Waals surface area contributed by atoms with Crippen LogP contribution in [0, 0.1) is 0 Å². The Bertz CT molecular complexity index is 556. The number of halogens is 3. The van der Waals surface area contributed by atoms with Gasteiger partial charge in [0.2, 0.25) is 0 Å². The smallest absolute Gasteiger partial charge is 0.379 e. The highest BCUT2D eigenvalue weighted by Crippen LogP contribution is 2.43. The van der Waals surface area contributed by atoms with Crippen LogP contribution in [0.15, 0.2) is 5.51 Å². The van der Waals surface area contributed by atoms with Gasteiger partial charge in [0.05, 0.1) is 17.7 Å². The fraction of sp³-hybridized carbons (Fsp3) is 0.692. The van der Waals surface area contributed by atoms with Crippen LogP contribution in [0.3, 0.4) is 0 Å². The maximum atomic E-state index is 12.9. The molecule has 1 unspecified atom stereocenters. The summed E-state index contributed by atoms with van der Waals surface area (Å²) in [5.41, 5.74) is -0.544. The normalized spacial score (nSPS) is 27.0. The Morgan fingerprint density at radius 2 is 2.19 bits per heavy atom. The first kappa shape index (κ1) is 14.8. The quantitative estimate of drug-likeness (QED) is 0.911. The molecule has 1 N–H and O–H groups in total. The fourth-order valence-electron chi connectivity index (χ4n) is 2.65. The summed E-state index contributed by atoms with van der Waals surface area (Å²) >= 11 is 1.16. The summed E-state index contributed by atoms with van der Waals surface area (Å²) in [5.74, 6) is -0.178. The number of aliphatic hydroxyl groups is 1. The van der Waals surface area contributed by atoms with Crippen LogP contribution in [-0.2, 0) is 0 Å². The van der Waals surface area contributed by atoms with Crippen molar-refractivity contribution >= 4 is 17.2 Å². The third-order valence-corrected chi connectivity index (χ3v) is 4.87. The molecule has 1 saturated heterocycles. The van der Waals surface area contributed by atoms with Gasteiger partial charge >= 0.3 is 6.18 Å². The molecule has 2 aliphatic rings. The predicted octanol–water partition coefficient (Wildman–Crippen LogP) is 2.55. The molecule has 1 aromatic heterocycles. The maximum Gasteiger partial charge on any atom is 0.418 e. The Balaban J connectivity index is 1.80. The van der Waals surface area contributed by atoms with E-state index in [1.165, 1.54) is 0 Å². The molecule has 1 aliphatic heterocycles. The van der Waals surface area contributed by atoms with Crippen molar-refractivity contribution in [2.45, 2.75) is 43.4 Å². The van der Waals surface area contributed by atoms with Crippen molar-refractivity contribution in [2.75, 3.05) is 13.1 Å². The molecule has 1 aromatic rings. The lowest BCUT2D eigenvalue weighted by Crippen LogP contribution is -2.58. The monoisotopic (exact) mass is 320 g/mol. The third-order valence-electron chi connectivity index (χ3n) is 4.04. The van der Waals surface area contributed by atoms with Crippen molar-refractivity contribution in [1.82, 2.24) is 9.88 Å². The number of hydrogen-bond donors (Lipinski definition) is 1. The highest BCUT2D eigenvalue weighted by atomic mass is 32.1. The number of rotatable bonds is 2. The summed E-state index contributed by atoms with van der Waals surface area (Å²) in [6.45, 7) is -0.462. The Hall–Kier alpha value is -1.15. The number of nitrogens with zero attached hydrogens (tertiary/aromatic N) is 2. The molecule has 0 aromatic carbocycles. The summed E-state index contributed by atoms with van der Waals surface area (Å²) in [5, 5.41) is 9.78. The second-order valence-corrected chi connectivity index (χ2v) is 6.56. The zero-order valence-electron chi connectivity index (χ0n) is 11.2. The van der Waals surface area contributed by atoms with Crippen molar-refractivity contribution in [3.63, 3.8) is 0 Å². The van der Waals surface area contributed by atoms with Crippen LogP contribution in [-0.4, -0.2) is 45.8 Å².